The topological polar surface area (TPSA) is 78.4 Å². The van der Waals surface area contributed by atoms with Gasteiger partial charge in [-0.3, -0.25) is 9.59 Å². The number of amides is 2. The van der Waals surface area contributed by atoms with Crippen molar-refractivity contribution in [3.05, 3.63) is 35.9 Å². The Morgan fingerprint density at radius 1 is 1.25 bits per heavy atom. The van der Waals surface area contributed by atoms with E-state index in [9.17, 15) is 9.59 Å². The number of benzene rings is 1. The number of aliphatic hydroxyl groups excluding tert-OH is 1. The molecule has 0 heterocycles. The van der Waals surface area contributed by atoms with E-state index in [1.165, 1.54) is 0 Å². The summed E-state index contributed by atoms with van der Waals surface area (Å²) in [5, 5.41) is 14.4. The van der Waals surface area contributed by atoms with Crippen LogP contribution in [0.15, 0.2) is 30.3 Å². The summed E-state index contributed by atoms with van der Waals surface area (Å²) in [6.07, 6.45) is 0.456. The Labute approximate surface area is 119 Å². The zero-order valence-corrected chi connectivity index (χ0v) is 12.1. The Kier molecular flexibility index (Phi) is 5.70. The van der Waals surface area contributed by atoms with Crippen LogP contribution in [0.5, 0.6) is 0 Å². The molecule has 0 aliphatic heterocycles. The predicted molar refractivity (Wildman–Crippen MR) is 77.3 cm³/mol. The normalized spacial score (nSPS) is 12.6. The summed E-state index contributed by atoms with van der Waals surface area (Å²) in [4.78, 5) is 23.9. The van der Waals surface area contributed by atoms with Gasteiger partial charge in [0.25, 0.3) is 5.91 Å². The van der Waals surface area contributed by atoms with E-state index in [0.717, 1.165) is 0 Å². The van der Waals surface area contributed by atoms with Gasteiger partial charge in [0.2, 0.25) is 5.91 Å². The molecule has 3 N–H and O–H groups in total. The molecule has 1 aromatic carbocycles. The average molecular weight is 278 g/mol. The maximum Gasteiger partial charge on any atom is 0.251 e. The van der Waals surface area contributed by atoms with Crippen LogP contribution < -0.4 is 10.6 Å². The lowest BCUT2D eigenvalue weighted by Gasteiger charge is -2.27. The fraction of sp³-hybridized carbons (Fsp3) is 0.467. The van der Waals surface area contributed by atoms with Crippen LogP contribution in [-0.4, -0.2) is 35.1 Å². The molecule has 5 heteroatoms. The first-order valence-corrected chi connectivity index (χ1v) is 6.64. The second-order valence-electron chi connectivity index (χ2n) is 5.41. The Hall–Kier alpha value is -1.88. The lowest BCUT2D eigenvalue weighted by molar-refractivity contribution is -0.124. The summed E-state index contributed by atoms with van der Waals surface area (Å²) in [6, 6.07) is 8.10. The highest BCUT2D eigenvalue weighted by molar-refractivity contribution is 5.97. The maximum absolute atomic E-state index is 12.0. The van der Waals surface area contributed by atoms with Crippen molar-refractivity contribution in [1.82, 2.24) is 10.6 Å². The third kappa shape index (κ3) is 5.01. The van der Waals surface area contributed by atoms with E-state index in [2.05, 4.69) is 10.6 Å². The van der Waals surface area contributed by atoms with Gasteiger partial charge in [-0.15, -0.1) is 0 Å². The van der Waals surface area contributed by atoms with E-state index < -0.39 is 11.6 Å². The number of aliphatic hydroxyl groups is 1. The van der Waals surface area contributed by atoms with Gasteiger partial charge in [-0.2, -0.15) is 0 Å². The summed E-state index contributed by atoms with van der Waals surface area (Å²) in [7, 11) is 0. The number of carbonyl (C=O) groups is 2. The highest BCUT2D eigenvalue weighted by Crippen LogP contribution is 2.07. The lowest BCUT2D eigenvalue weighted by atomic mass is 10.0. The molecule has 1 rings (SSSR count). The fourth-order valence-corrected chi connectivity index (χ4v) is 1.72. The molecule has 110 valence electrons. The third-order valence-electron chi connectivity index (χ3n) is 2.98. The van der Waals surface area contributed by atoms with Crippen LogP contribution in [-0.2, 0) is 4.79 Å². The highest BCUT2D eigenvalue weighted by Gasteiger charge is 2.24. The van der Waals surface area contributed by atoms with Crippen molar-refractivity contribution in [2.24, 2.45) is 0 Å². The summed E-state index contributed by atoms with van der Waals surface area (Å²) >= 11 is 0. The molecule has 0 bridgehead atoms. The number of rotatable bonds is 6. The molecule has 1 atom stereocenters. The Bertz CT molecular complexity index is 457. The van der Waals surface area contributed by atoms with Crippen molar-refractivity contribution in [2.75, 3.05) is 6.61 Å². The minimum absolute atomic E-state index is 0.00195. The van der Waals surface area contributed by atoms with Gasteiger partial charge in [0.15, 0.2) is 0 Å². The summed E-state index contributed by atoms with van der Waals surface area (Å²) in [5.74, 6) is -0.555. The second kappa shape index (κ2) is 7.05. The van der Waals surface area contributed by atoms with E-state index in [-0.39, 0.29) is 18.4 Å². The minimum atomic E-state index is -0.638. The van der Waals surface area contributed by atoms with Crippen molar-refractivity contribution in [3.8, 4) is 0 Å². The van der Waals surface area contributed by atoms with Gasteiger partial charge in [0.1, 0.15) is 6.04 Å². The van der Waals surface area contributed by atoms with Crippen LogP contribution in [0.1, 0.15) is 37.6 Å². The summed E-state index contributed by atoms with van der Waals surface area (Å²) in [6.45, 7) is 5.28. The second-order valence-corrected chi connectivity index (χ2v) is 5.41. The Morgan fingerprint density at radius 2 is 1.85 bits per heavy atom. The summed E-state index contributed by atoms with van der Waals surface area (Å²) in [5.41, 5.74) is 0.0131. The molecular weight excluding hydrogens is 256 g/mol. The first-order chi connectivity index (χ1) is 9.35. The number of carbonyl (C=O) groups excluding carboxylic acids is 2. The molecule has 2 amide bonds. The molecule has 20 heavy (non-hydrogen) atoms. The van der Waals surface area contributed by atoms with E-state index in [1.807, 2.05) is 19.9 Å². The summed E-state index contributed by atoms with van der Waals surface area (Å²) < 4.78 is 0. The van der Waals surface area contributed by atoms with Crippen LogP contribution in [0, 0.1) is 0 Å². The molecule has 0 fully saturated rings. The van der Waals surface area contributed by atoms with Gasteiger partial charge in [0.05, 0.1) is 0 Å². The fourth-order valence-electron chi connectivity index (χ4n) is 1.72. The van der Waals surface area contributed by atoms with Gasteiger partial charge in [-0.25, -0.2) is 0 Å². The smallest absolute Gasteiger partial charge is 0.251 e. The number of hydrogen-bond acceptors (Lipinski definition) is 3. The molecule has 0 aromatic heterocycles. The van der Waals surface area contributed by atoms with Gasteiger partial charge in [-0.05, 0) is 39.3 Å². The molecular formula is C15H22N2O3. The van der Waals surface area contributed by atoms with Crippen molar-refractivity contribution in [2.45, 2.75) is 38.8 Å². The monoisotopic (exact) mass is 278 g/mol. The van der Waals surface area contributed by atoms with E-state index in [4.69, 9.17) is 5.11 Å². The van der Waals surface area contributed by atoms with Crippen LogP contribution in [0.25, 0.3) is 0 Å². The Balaban J connectivity index is 2.56. The predicted octanol–water partition coefficient (Wildman–Crippen LogP) is 1.08. The third-order valence-corrected chi connectivity index (χ3v) is 2.98. The zero-order valence-electron chi connectivity index (χ0n) is 12.1. The molecule has 0 saturated carbocycles. The SMILES string of the molecule is CC(NC(=O)c1ccccc1)C(=O)NC(C)(C)CCO. The standard InChI is InChI=1S/C15H22N2O3/c1-11(13(19)17-15(2,3)9-10-18)16-14(20)12-7-5-4-6-8-12/h4-8,11,18H,9-10H2,1-3H3,(H,16,20)(H,17,19). The van der Waals surface area contributed by atoms with Gasteiger partial charge in [0, 0.05) is 17.7 Å². The van der Waals surface area contributed by atoms with Gasteiger partial charge >= 0.3 is 0 Å². The molecule has 5 nitrogen and oxygen atoms in total. The zero-order chi connectivity index (χ0) is 15.2. The Morgan fingerprint density at radius 3 is 2.40 bits per heavy atom. The van der Waals surface area contributed by atoms with Gasteiger partial charge in [-0.1, -0.05) is 18.2 Å². The van der Waals surface area contributed by atoms with Crippen LogP contribution >= 0.6 is 0 Å². The molecule has 1 aromatic rings. The van der Waals surface area contributed by atoms with Crippen LogP contribution in [0.2, 0.25) is 0 Å². The number of nitrogens with one attached hydrogen (secondary N) is 2. The lowest BCUT2D eigenvalue weighted by Crippen LogP contribution is -2.52. The van der Waals surface area contributed by atoms with E-state index in [1.54, 1.807) is 31.2 Å². The molecule has 0 aliphatic rings. The average Bonchev–Trinajstić information content (AvgIpc) is 2.38. The van der Waals surface area contributed by atoms with Crippen molar-refractivity contribution >= 4 is 11.8 Å². The maximum atomic E-state index is 12.0. The molecule has 0 aliphatic carbocycles. The molecule has 0 saturated heterocycles. The molecule has 0 radical (unpaired) electrons. The highest BCUT2D eigenvalue weighted by atomic mass is 16.3. The van der Waals surface area contributed by atoms with Crippen LogP contribution in [0.4, 0.5) is 0 Å². The van der Waals surface area contributed by atoms with Crippen molar-refractivity contribution in [1.29, 1.82) is 0 Å². The van der Waals surface area contributed by atoms with Crippen LogP contribution in [0.3, 0.4) is 0 Å². The first-order valence-electron chi connectivity index (χ1n) is 6.64. The van der Waals surface area contributed by atoms with Gasteiger partial charge < -0.3 is 15.7 Å². The van der Waals surface area contributed by atoms with E-state index >= 15 is 0 Å². The molecule has 0 spiro atoms. The minimum Gasteiger partial charge on any atom is -0.396 e. The van der Waals surface area contributed by atoms with Crippen molar-refractivity contribution in [3.63, 3.8) is 0 Å². The largest absolute Gasteiger partial charge is 0.396 e. The van der Waals surface area contributed by atoms with E-state index in [0.29, 0.717) is 12.0 Å². The first kappa shape index (κ1) is 16.2. The molecule has 1 unspecified atom stereocenters. The van der Waals surface area contributed by atoms with Crippen molar-refractivity contribution < 1.29 is 14.7 Å². The quantitative estimate of drug-likeness (QED) is 0.728. The number of hydrogen-bond donors (Lipinski definition) is 3.